The van der Waals surface area contributed by atoms with Crippen molar-refractivity contribution in [3.05, 3.63) is 126 Å². The second-order valence-corrected chi connectivity index (χ2v) is 10.4. The smallest absolute Gasteiger partial charge is 0.357 e. The van der Waals surface area contributed by atoms with Crippen molar-refractivity contribution in [2.45, 2.75) is 0 Å². The van der Waals surface area contributed by atoms with Crippen molar-refractivity contribution < 1.29 is 14.7 Å². The van der Waals surface area contributed by atoms with Crippen molar-refractivity contribution in [3.8, 4) is 0 Å². The number of carboxylic acid groups (broad SMARTS) is 1. The van der Waals surface area contributed by atoms with Gasteiger partial charge in [-0.15, -0.1) is 0 Å². The lowest BCUT2D eigenvalue weighted by Crippen LogP contribution is -2.22. The number of anilines is 6. The molecule has 5 rings (SSSR count). The highest BCUT2D eigenvalue weighted by Crippen LogP contribution is 2.36. The van der Waals surface area contributed by atoms with Crippen LogP contribution in [0.5, 0.6) is 0 Å². The average molecular weight is 572 g/mol. The molecule has 0 saturated carbocycles. The number of benzene rings is 4. The molecular weight excluding hydrogens is 538 g/mol. The van der Waals surface area contributed by atoms with Gasteiger partial charge in [0, 0.05) is 56.6 Å². The largest absolute Gasteiger partial charge is 0.476 e. The number of hydrogen-bond donors (Lipinski definition) is 1. The van der Waals surface area contributed by atoms with Crippen LogP contribution in [0.2, 0.25) is 0 Å². The van der Waals surface area contributed by atoms with Gasteiger partial charge in [0.05, 0.1) is 11.3 Å². The summed E-state index contributed by atoms with van der Waals surface area (Å²) in [5.74, 6) is -1.74. The first-order chi connectivity index (χ1) is 20.7. The van der Waals surface area contributed by atoms with Gasteiger partial charge >= 0.3 is 5.97 Å². The number of hydrogen-bond acceptors (Lipinski definition) is 6. The highest BCUT2D eigenvalue weighted by molar-refractivity contribution is 6.52. The van der Waals surface area contributed by atoms with E-state index in [0.29, 0.717) is 5.69 Å². The Morgan fingerprint density at radius 1 is 0.698 bits per heavy atom. The summed E-state index contributed by atoms with van der Waals surface area (Å²) in [6.07, 6.45) is 5.00. The molecule has 0 bridgehead atoms. The van der Waals surface area contributed by atoms with E-state index in [9.17, 15) is 14.7 Å². The van der Waals surface area contributed by atoms with Gasteiger partial charge in [0.2, 0.25) is 0 Å². The maximum absolute atomic E-state index is 13.0. The second-order valence-electron chi connectivity index (χ2n) is 10.4. The van der Waals surface area contributed by atoms with Gasteiger partial charge in [-0.05, 0) is 84.4 Å². The van der Waals surface area contributed by atoms with Gasteiger partial charge in [-0.3, -0.25) is 4.79 Å². The number of carboxylic acids is 1. The van der Waals surface area contributed by atoms with Gasteiger partial charge in [0.25, 0.3) is 5.91 Å². The fourth-order valence-electron chi connectivity index (χ4n) is 4.70. The van der Waals surface area contributed by atoms with E-state index >= 15 is 0 Å². The molecule has 216 valence electrons. The van der Waals surface area contributed by atoms with Gasteiger partial charge in [0.15, 0.2) is 5.71 Å². The Hall–Kier alpha value is -5.63. The van der Waals surface area contributed by atoms with E-state index < -0.39 is 11.9 Å². The lowest BCUT2D eigenvalue weighted by atomic mass is 10.1. The van der Waals surface area contributed by atoms with Crippen molar-refractivity contribution in [1.29, 1.82) is 0 Å². The van der Waals surface area contributed by atoms with E-state index in [-0.39, 0.29) is 11.3 Å². The van der Waals surface area contributed by atoms with Crippen LogP contribution in [0.3, 0.4) is 0 Å². The Labute approximate surface area is 251 Å². The normalized spacial score (nSPS) is 13.9. The molecule has 0 aromatic heterocycles. The molecule has 8 heteroatoms. The second kappa shape index (κ2) is 12.5. The fraction of sp³-hybridized carbons (Fsp3) is 0.114. The molecule has 1 amide bonds. The molecule has 1 N–H and O–H groups in total. The Morgan fingerprint density at radius 3 is 1.63 bits per heavy atom. The van der Waals surface area contributed by atoms with Crippen LogP contribution in [0.1, 0.15) is 5.56 Å². The molecule has 0 fully saturated rings. The molecule has 0 atom stereocenters. The van der Waals surface area contributed by atoms with Gasteiger partial charge < -0.3 is 19.8 Å². The zero-order valence-corrected chi connectivity index (χ0v) is 24.5. The van der Waals surface area contributed by atoms with Crippen LogP contribution in [0.15, 0.2) is 126 Å². The van der Waals surface area contributed by atoms with Crippen LogP contribution in [0.25, 0.3) is 6.08 Å². The number of aliphatic carboxylic acids is 1. The Morgan fingerprint density at radius 2 is 1.16 bits per heavy atom. The summed E-state index contributed by atoms with van der Waals surface area (Å²) in [7, 11) is 8.08. The summed E-state index contributed by atoms with van der Waals surface area (Å²) >= 11 is 0. The minimum Gasteiger partial charge on any atom is -0.476 e. The average Bonchev–Trinajstić information content (AvgIpc) is 3.35. The maximum Gasteiger partial charge on any atom is 0.357 e. The third kappa shape index (κ3) is 6.33. The van der Waals surface area contributed by atoms with Crippen LogP contribution < -0.4 is 19.7 Å². The first kappa shape index (κ1) is 28.9. The van der Waals surface area contributed by atoms with Crippen LogP contribution >= 0.6 is 0 Å². The molecule has 0 spiro atoms. The van der Waals surface area contributed by atoms with E-state index in [0.717, 1.165) is 39.0 Å². The van der Waals surface area contributed by atoms with Crippen molar-refractivity contribution >= 4 is 57.8 Å². The Bertz CT molecular complexity index is 1640. The Kier molecular flexibility index (Phi) is 8.39. The first-order valence-corrected chi connectivity index (χ1v) is 13.8. The molecule has 8 nitrogen and oxygen atoms in total. The van der Waals surface area contributed by atoms with Gasteiger partial charge in [0.1, 0.15) is 0 Å². The molecule has 0 saturated heterocycles. The van der Waals surface area contributed by atoms with E-state index in [4.69, 9.17) is 0 Å². The Balaban J connectivity index is 1.41. The van der Waals surface area contributed by atoms with Crippen molar-refractivity contribution in [2.75, 3.05) is 47.9 Å². The molecule has 43 heavy (non-hydrogen) atoms. The summed E-state index contributed by atoms with van der Waals surface area (Å²) in [5, 5.41) is 14.8. The van der Waals surface area contributed by atoms with Crippen molar-refractivity contribution in [3.63, 3.8) is 0 Å². The van der Waals surface area contributed by atoms with E-state index in [1.54, 1.807) is 30.3 Å². The van der Waals surface area contributed by atoms with Gasteiger partial charge in [-0.25, -0.2) is 4.79 Å². The molecule has 4 aromatic rings. The highest BCUT2D eigenvalue weighted by atomic mass is 16.4. The predicted octanol–water partition coefficient (Wildman–Crippen LogP) is 6.72. The van der Waals surface area contributed by atoms with E-state index in [2.05, 4.69) is 68.3 Å². The number of carbonyl (C=O) groups excluding carboxylic acids is 1. The van der Waals surface area contributed by atoms with Crippen molar-refractivity contribution in [1.82, 2.24) is 0 Å². The standard InChI is InChI=1S/C35H33N5O3/c1-37(2)26-17-21-29(22-18-26)39(30-23-19-27(20-24-30)38(3)4)28-15-13-25(14-16-28)9-8-12-32-33(35(42)43)36-40(34(32)41)31-10-6-5-7-11-31/h5-24H,1-4H3,(H,42,43). The molecular formula is C35H33N5O3. The first-order valence-electron chi connectivity index (χ1n) is 13.8. The number of para-hydroxylation sites is 1. The minimum atomic E-state index is -1.26. The monoisotopic (exact) mass is 571 g/mol. The van der Waals surface area contributed by atoms with Crippen LogP contribution in [0.4, 0.5) is 34.1 Å². The van der Waals surface area contributed by atoms with Crippen LogP contribution in [-0.4, -0.2) is 50.9 Å². The van der Waals surface area contributed by atoms with E-state index in [1.807, 2.05) is 64.6 Å². The van der Waals surface area contributed by atoms with E-state index in [1.165, 1.54) is 6.08 Å². The zero-order chi connectivity index (χ0) is 30.5. The summed E-state index contributed by atoms with van der Waals surface area (Å²) < 4.78 is 0. The molecule has 1 aliphatic heterocycles. The minimum absolute atomic E-state index is 0.0257. The zero-order valence-electron chi connectivity index (χ0n) is 24.5. The number of hydrazone groups is 1. The number of rotatable bonds is 9. The quantitative estimate of drug-likeness (QED) is 0.225. The maximum atomic E-state index is 13.0. The summed E-state index contributed by atoms with van der Waals surface area (Å²) in [6, 6.07) is 33.6. The van der Waals surface area contributed by atoms with Gasteiger partial charge in [-0.2, -0.15) is 10.1 Å². The predicted molar refractivity (Wildman–Crippen MR) is 176 cm³/mol. The van der Waals surface area contributed by atoms with Crippen LogP contribution in [0, 0.1) is 0 Å². The van der Waals surface area contributed by atoms with Crippen molar-refractivity contribution in [2.24, 2.45) is 5.10 Å². The summed E-state index contributed by atoms with van der Waals surface area (Å²) in [5.41, 5.74) is 6.41. The topological polar surface area (TPSA) is 79.7 Å². The number of nitrogens with zero attached hydrogens (tertiary/aromatic N) is 5. The summed E-state index contributed by atoms with van der Waals surface area (Å²) in [6.45, 7) is 0. The molecule has 0 aliphatic carbocycles. The third-order valence-electron chi connectivity index (χ3n) is 7.03. The summed E-state index contributed by atoms with van der Waals surface area (Å²) in [4.78, 5) is 31.2. The molecule has 4 aromatic carbocycles. The lowest BCUT2D eigenvalue weighted by molar-refractivity contribution is -0.129. The molecule has 1 heterocycles. The molecule has 1 aliphatic rings. The SMILES string of the molecule is CN(C)c1ccc(N(c2ccc(C=CC=C3C(=O)N(c4ccccc4)N=C3C(=O)O)cc2)c2ccc(N(C)C)cc2)cc1. The molecule has 0 radical (unpaired) electrons. The third-order valence-corrected chi connectivity index (χ3v) is 7.03. The van der Waals surface area contributed by atoms with Gasteiger partial charge in [-0.1, -0.05) is 42.5 Å². The molecule has 0 unspecified atom stereocenters. The number of carbonyl (C=O) groups is 2. The number of amides is 1. The number of allylic oxidation sites excluding steroid dienone is 2. The highest BCUT2D eigenvalue weighted by Gasteiger charge is 2.34. The lowest BCUT2D eigenvalue weighted by Gasteiger charge is -2.27. The fourth-order valence-corrected chi connectivity index (χ4v) is 4.70. The van der Waals surface area contributed by atoms with Crippen LogP contribution in [-0.2, 0) is 9.59 Å².